The molecule has 3 rings (SSSR count). The predicted octanol–water partition coefficient (Wildman–Crippen LogP) is 1.72. The van der Waals surface area contributed by atoms with Gasteiger partial charge in [0.1, 0.15) is 5.69 Å². The number of hydrogen-bond donors (Lipinski definition) is 1. The second-order valence-corrected chi connectivity index (χ2v) is 6.29. The summed E-state index contributed by atoms with van der Waals surface area (Å²) in [5.41, 5.74) is 7.48. The van der Waals surface area contributed by atoms with Gasteiger partial charge in [-0.15, -0.1) is 0 Å². The molecule has 0 unspecified atom stereocenters. The monoisotopic (exact) mass is 309 g/mol. The normalized spacial score (nSPS) is 29.9. The van der Waals surface area contributed by atoms with Crippen molar-refractivity contribution in [1.82, 2.24) is 9.88 Å². The Morgan fingerprint density at radius 1 is 1.61 bits per heavy atom. The molecule has 5 heteroatoms. The summed E-state index contributed by atoms with van der Waals surface area (Å²) in [4.78, 5) is 18.6. The number of aryl methyl sites for hydroxylation is 1. The number of rotatable bonds is 1. The first kappa shape index (κ1) is 12.1. The van der Waals surface area contributed by atoms with Crippen LogP contribution in [0.1, 0.15) is 29.0 Å². The molecule has 1 saturated heterocycles. The number of hydrogen-bond acceptors (Lipinski definition) is 3. The van der Waals surface area contributed by atoms with Crippen molar-refractivity contribution in [2.45, 2.75) is 25.3 Å². The van der Waals surface area contributed by atoms with Crippen LogP contribution in [0.2, 0.25) is 0 Å². The molecule has 0 aromatic carbocycles. The average molecular weight is 310 g/mol. The van der Waals surface area contributed by atoms with Gasteiger partial charge in [-0.3, -0.25) is 4.79 Å². The van der Waals surface area contributed by atoms with Gasteiger partial charge in [0.2, 0.25) is 0 Å². The number of amides is 1. The molecule has 2 aliphatic rings. The lowest BCUT2D eigenvalue weighted by atomic mass is 9.70. The van der Waals surface area contributed by atoms with Gasteiger partial charge in [-0.25, -0.2) is 4.98 Å². The molecule has 2 N–H and O–H groups in total. The Morgan fingerprint density at radius 2 is 2.39 bits per heavy atom. The van der Waals surface area contributed by atoms with E-state index < -0.39 is 0 Å². The fourth-order valence-corrected chi connectivity index (χ4v) is 3.27. The molecule has 18 heavy (non-hydrogen) atoms. The van der Waals surface area contributed by atoms with E-state index in [1.54, 1.807) is 0 Å². The summed E-state index contributed by atoms with van der Waals surface area (Å²) in [5, 5.41) is 0. The smallest absolute Gasteiger partial charge is 0.273 e. The van der Waals surface area contributed by atoms with Gasteiger partial charge in [-0.05, 0) is 53.7 Å². The van der Waals surface area contributed by atoms with Gasteiger partial charge >= 0.3 is 0 Å². The van der Waals surface area contributed by atoms with Crippen molar-refractivity contribution in [1.29, 1.82) is 0 Å². The number of likely N-dealkylation sites (tertiary alicyclic amines) is 1. The zero-order valence-electron chi connectivity index (χ0n) is 10.3. The Bertz CT molecular complexity index is 519. The van der Waals surface area contributed by atoms with Crippen molar-refractivity contribution >= 4 is 21.8 Å². The third kappa shape index (κ3) is 1.77. The number of halogens is 1. The van der Waals surface area contributed by atoms with Crippen molar-refractivity contribution in [2.75, 3.05) is 13.1 Å². The summed E-state index contributed by atoms with van der Waals surface area (Å²) in [6.07, 6.45) is 2.17. The van der Waals surface area contributed by atoms with E-state index in [1.165, 1.54) is 0 Å². The summed E-state index contributed by atoms with van der Waals surface area (Å²) in [7, 11) is 0. The molecule has 1 aromatic heterocycles. The van der Waals surface area contributed by atoms with Crippen molar-refractivity contribution in [2.24, 2.45) is 11.7 Å². The minimum atomic E-state index is -0.133. The molecule has 1 saturated carbocycles. The molecule has 4 nitrogen and oxygen atoms in total. The number of carbonyl (C=O) groups is 1. The summed E-state index contributed by atoms with van der Waals surface area (Å²) < 4.78 is 0.753. The minimum Gasteiger partial charge on any atom is -0.335 e. The Labute approximate surface area is 115 Å². The summed E-state index contributed by atoms with van der Waals surface area (Å²) >= 11 is 3.40. The van der Waals surface area contributed by atoms with Crippen LogP contribution < -0.4 is 5.73 Å². The summed E-state index contributed by atoms with van der Waals surface area (Å²) in [6, 6.07) is 3.76. The van der Waals surface area contributed by atoms with Crippen LogP contribution in [0, 0.1) is 12.8 Å². The molecule has 2 fully saturated rings. The largest absolute Gasteiger partial charge is 0.335 e. The molecule has 1 aliphatic heterocycles. The van der Waals surface area contributed by atoms with Gasteiger partial charge < -0.3 is 10.6 Å². The maximum atomic E-state index is 12.5. The molecule has 2 heterocycles. The predicted molar refractivity (Wildman–Crippen MR) is 72.2 cm³/mol. The zero-order valence-corrected chi connectivity index (χ0v) is 11.9. The maximum absolute atomic E-state index is 12.5. The van der Waals surface area contributed by atoms with E-state index in [2.05, 4.69) is 20.9 Å². The van der Waals surface area contributed by atoms with Crippen molar-refractivity contribution in [3.05, 3.63) is 28.0 Å². The van der Waals surface area contributed by atoms with Crippen LogP contribution >= 0.6 is 15.9 Å². The first-order valence-corrected chi connectivity index (χ1v) is 7.00. The first-order valence-electron chi connectivity index (χ1n) is 6.21. The minimum absolute atomic E-state index is 0.00944. The van der Waals surface area contributed by atoms with Gasteiger partial charge in [-0.1, -0.05) is 0 Å². The van der Waals surface area contributed by atoms with Gasteiger partial charge in [0, 0.05) is 28.8 Å². The molecule has 2 atom stereocenters. The Morgan fingerprint density at radius 3 is 2.94 bits per heavy atom. The van der Waals surface area contributed by atoms with Crippen LogP contribution in [0.15, 0.2) is 16.6 Å². The van der Waals surface area contributed by atoms with Crippen LogP contribution in [0.4, 0.5) is 0 Å². The molecule has 0 bridgehead atoms. The number of fused-ring (bicyclic) bond motifs is 1. The highest BCUT2D eigenvalue weighted by molar-refractivity contribution is 9.10. The number of nitrogens with zero attached hydrogens (tertiary/aromatic N) is 2. The molecule has 1 amide bonds. The van der Waals surface area contributed by atoms with Crippen LogP contribution in [-0.2, 0) is 0 Å². The van der Waals surface area contributed by atoms with E-state index >= 15 is 0 Å². The Hall–Kier alpha value is -0.940. The van der Waals surface area contributed by atoms with E-state index in [0.29, 0.717) is 18.2 Å². The van der Waals surface area contributed by atoms with Crippen molar-refractivity contribution < 1.29 is 4.79 Å². The van der Waals surface area contributed by atoms with E-state index in [1.807, 2.05) is 24.0 Å². The van der Waals surface area contributed by atoms with E-state index in [-0.39, 0.29) is 11.4 Å². The first-order chi connectivity index (χ1) is 8.49. The lowest BCUT2D eigenvalue weighted by Crippen LogP contribution is -2.54. The fraction of sp³-hybridized carbons (Fsp3) is 0.538. The average Bonchev–Trinajstić information content (AvgIpc) is 2.56. The van der Waals surface area contributed by atoms with Crippen LogP contribution in [0.5, 0.6) is 0 Å². The highest BCUT2D eigenvalue weighted by Crippen LogP contribution is 2.42. The van der Waals surface area contributed by atoms with Crippen molar-refractivity contribution in [3.8, 4) is 0 Å². The Balaban J connectivity index is 1.85. The van der Waals surface area contributed by atoms with E-state index in [4.69, 9.17) is 5.73 Å². The molecule has 1 aromatic rings. The molecular formula is C13H16BrN3O. The second kappa shape index (κ2) is 4.03. The highest BCUT2D eigenvalue weighted by Gasteiger charge is 2.51. The number of carbonyl (C=O) groups excluding carboxylic acids is 1. The third-order valence-corrected chi connectivity index (χ3v) is 4.81. The van der Waals surface area contributed by atoms with Gasteiger partial charge in [0.25, 0.3) is 5.91 Å². The molecule has 0 radical (unpaired) electrons. The topological polar surface area (TPSA) is 59.2 Å². The quantitative estimate of drug-likeness (QED) is 0.859. The molecular weight excluding hydrogens is 294 g/mol. The van der Waals surface area contributed by atoms with Gasteiger partial charge in [-0.2, -0.15) is 0 Å². The fourth-order valence-electron chi connectivity index (χ4n) is 2.88. The van der Waals surface area contributed by atoms with E-state index in [9.17, 15) is 4.79 Å². The summed E-state index contributed by atoms with van der Waals surface area (Å²) in [5.74, 6) is 0.467. The number of aromatic nitrogens is 1. The van der Waals surface area contributed by atoms with Gasteiger partial charge in [0.05, 0.1) is 0 Å². The zero-order chi connectivity index (χ0) is 12.9. The SMILES string of the molecule is Cc1ccc(Br)c(C(=O)N2C[C@@H]3CC[C@]3(N)C2)n1. The molecule has 1 aliphatic carbocycles. The standard InChI is InChI=1S/C13H16BrN3O/c1-8-2-3-10(14)11(16-8)12(18)17-6-9-4-5-13(9,15)7-17/h2-3,9H,4-7,15H2,1H3/t9-,13-/m0/s1. The number of pyridine rings is 1. The third-order valence-electron chi connectivity index (χ3n) is 4.17. The van der Waals surface area contributed by atoms with Crippen molar-refractivity contribution in [3.63, 3.8) is 0 Å². The van der Waals surface area contributed by atoms with Crippen LogP contribution in [-0.4, -0.2) is 34.4 Å². The van der Waals surface area contributed by atoms with Crippen LogP contribution in [0.3, 0.4) is 0 Å². The van der Waals surface area contributed by atoms with E-state index in [0.717, 1.165) is 29.6 Å². The van der Waals surface area contributed by atoms with Crippen LogP contribution in [0.25, 0.3) is 0 Å². The molecule has 96 valence electrons. The lowest BCUT2D eigenvalue weighted by Gasteiger charge is -2.39. The molecule has 0 spiro atoms. The maximum Gasteiger partial charge on any atom is 0.273 e. The lowest BCUT2D eigenvalue weighted by molar-refractivity contribution is 0.0778. The van der Waals surface area contributed by atoms with Gasteiger partial charge in [0.15, 0.2) is 0 Å². The summed E-state index contributed by atoms with van der Waals surface area (Å²) in [6.45, 7) is 3.33. The Kier molecular flexibility index (Phi) is 2.71. The number of nitrogens with two attached hydrogens (primary N) is 1. The second-order valence-electron chi connectivity index (χ2n) is 5.44. The highest BCUT2D eigenvalue weighted by atomic mass is 79.9.